The summed E-state index contributed by atoms with van der Waals surface area (Å²) in [6.45, 7) is 1.17. The van der Waals surface area contributed by atoms with E-state index in [2.05, 4.69) is 4.74 Å². The molecule has 1 aromatic rings. The van der Waals surface area contributed by atoms with Gasteiger partial charge in [0.1, 0.15) is 6.04 Å². The fraction of sp³-hybridized carbons (Fsp3) is 0.273. The Kier molecular flexibility index (Phi) is 4.00. The van der Waals surface area contributed by atoms with Gasteiger partial charge in [0.15, 0.2) is 0 Å². The molecule has 0 spiro atoms. The van der Waals surface area contributed by atoms with Crippen molar-refractivity contribution in [3.8, 4) is 0 Å². The summed E-state index contributed by atoms with van der Waals surface area (Å²) in [6, 6.07) is 8.53. The van der Waals surface area contributed by atoms with Crippen molar-refractivity contribution in [3.05, 3.63) is 35.9 Å². The van der Waals surface area contributed by atoms with E-state index >= 15 is 0 Å². The van der Waals surface area contributed by atoms with Crippen molar-refractivity contribution in [2.24, 2.45) is 5.73 Å². The summed E-state index contributed by atoms with van der Waals surface area (Å²) in [5, 5.41) is 0. The number of hydrogen-bond donors (Lipinski definition) is 1. The second-order valence-corrected chi connectivity index (χ2v) is 3.21. The Hall–Kier alpha value is -1.68. The van der Waals surface area contributed by atoms with E-state index in [4.69, 9.17) is 5.73 Å². The monoisotopic (exact) mass is 207 g/mol. The van der Waals surface area contributed by atoms with E-state index in [0.29, 0.717) is 6.42 Å². The van der Waals surface area contributed by atoms with Crippen molar-refractivity contribution in [2.75, 3.05) is 0 Å². The minimum atomic E-state index is -0.795. The quantitative estimate of drug-likeness (QED) is 0.583. The van der Waals surface area contributed by atoms with Crippen molar-refractivity contribution >= 4 is 11.9 Å². The highest BCUT2D eigenvalue weighted by molar-refractivity contribution is 5.87. The molecule has 1 rings (SSSR count). The molecule has 0 fully saturated rings. The predicted molar refractivity (Wildman–Crippen MR) is 54.9 cm³/mol. The number of rotatable bonds is 3. The highest BCUT2D eigenvalue weighted by Crippen LogP contribution is 2.02. The number of ether oxygens (including phenoxy) is 1. The molecule has 2 N–H and O–H groups in total. The maximum Gasteiger partial charge on any atom is 0.330 e. The van der Waals surface area contributed by atoms with Gasteiger partial charge in [-0.1, -0.05) is 30.3 Å². The SMILES string of the molecule is CC(=O)OC(=O)[C@H](N)Cc1ccccc1. The number of benzene rings is 1. The largest absolute Gasteiger partial charge is 0.392 e. The van der Waals surface area contributed by atoms with Crippen LogP contribution in [0.2, 0.25) is 0 Å². The minimum Gasteiger partial charge on any atom is -0.392 e. The second-order valence-electron chi connectivity index (χ2n) is 3.21. The van der Waals surface area contributed by atoms with Gasteiger partial charge < -0.3 is 10.5 Å². The molecule has 4 nitrogen and oxygen atoms in total. The van der Waals surface area contributed by atoms with E-state index in [1.807, 2.05) is 30.3 Å². The molecule has 80 valence electrons. The smallest absolute Gasteiger partial charge is 0.330 e. The maximum atomic E-state index is 11.2. The first-order valence-electron chi connectivity index (χ1n) is 4.61. The van der Waals surface area contributed by atoms with Crippen molar-refractivity contribution in [3.63, 3.8) is 0 Å². The summed E-state index contributed by atoms with van der Waals surface area (Å²) in [7, 11) is 0. The lowest BCUT2D eigenvalue weighted by Crippen LogP contribution is -2.35. The van der Waals surface area contributed by atoms with Gasteiger partial charge in [0, 0.05) is 6.92 Å². The van der Waals surface area contributed by atoms with Crippen molar-refractivity contribution in [1.82, 2.24) is 0 Å². The highest BCUT2D eigenvalue weighted by atomic mass is 16.6. The number of esters is 2. The van der Waals surface area contributed by atoms with E-state index in [1.54, 1.807) is 0 Å². The van der Waals surface area contributed by atoms with Crippen molar-refractivity contribution < 1.29 is 14.3 Å². The normalized spacial score (nSPS) is 11.9. The van der Waals surface area contributed by atoms with Crippen LogP contribution in [0.5, 0.6) is 0 Å². The average molecular weight is 207 g/mol. The zero-order chi connectivity index (χ0) is 11.3. The van der Waals surface area contributed by atoms with Crippen LogP contribution >= 0.6 is 0 Å². The van der Waals surface area contributed by atoms with Gasteiger partial charge in [-0.15, -0.1) is 0 Å². The Morgan fingerprint density at radius 3 is 2.47 bits per heavy atom. The number of carbonyl (C=O) groups is 2. The second kappa shape index (κ2) is 5.26. The van der Waals surface area contributed by atoms with Crippen LogP contribution in [0.4, 0.5) is 0 Å². The van der Waals surface area contributed by atoms with E-state index in [1.165, 1.54) is 6.92 Å². The molecule has 1 atom stereocenters. The summed E-state index contributed by atoms with van der Waals surface area (Å²) in [5.41, 5.74) is 6.51. The zero-order valence-electron chi connectivity index (χ0n) is 8.47. The van der Waals surface area contributed by atoms with E-state index in [-0.39, 0.29) is 0 Å². The molecular formula is C11H13NO3. The molecule has 0 aliphatic carbocycles. The molecule has 0 aliphatic heterocycles. The summed E-state index contributed by atoms with van der Waals surface area (Å²) < 4.78 is 4.38. The Bertz CT molecular complexity index is 348. The van der Waals surface area contributed by atoms with Crippen LogP contribution in [-0.4, -0.2) is 18.0 Å². The van der Waals surface area contributed by atoms with Crippen LogP contribution in [0.3, 0.4) is 0 Å². The van der Waals surface area contributed by atoms with Crippen LogP contribution in [0.25, 0.3) is 0 Å². The van der Waals surface area contributed by atoms with E-state index in [9.17, 15) is 9.59 Å². The van der Waals surface area contributed by atoms with Gasteiger partial charge in [-0.25, -0.2) is 4.79 Å². The third kappa shape index (κ3) is 3.91. The van der Waals surface area contributed by atoms with Crippen LogP contribution in [0.15, 0.2) is 30.3 Å². The first-order valence-corrected chi connectivity index (χ1v) is 4.61. The first-order chi connectivity index (χ1) is 7.09. The topological polar surface area (TPSA) is 69.4 Å². The van der Waals surface area contributed by atoms with Crippen LogP contribution in [0, 0.1) is 0 Å². The summed E-state index contributed by atoms with van der Waals surface area (Å²) in [4.78, 5) is 21.7. The minimum absolute atomic E-state index is 0.368. The van der Waals surface area contributed by atoms with Crippen LogP contribution in [-0.2, 0) is 20.7 Å². The molecule has 0 radical (unpaired) electrons. The third-order valence-corrected chi connectivity index (χ3v) is 1.85. The number of nitrogens with two attached hydrogens (primary N) is 1. The van der Waals surface area contributed by atoms with Crippen LogP contribution in [0.1, 0.15) is 12.5 Å². The van der Waals surface area contributed by atoms with E-state index in [0.717, 1.165) is 5.56 Å². The zero-order valence-corrected chi connectivity index (χ0v) is 8.47. The molecule has 0 unspecified atom stereocenters. The Labute approximate surface area is 88.0 Å². The standard InChI is InChI=1S/C11H13NO3/c1-8(13)15-11(14)10(12)7-9-5-3-2-4-6-9/h2-6,10H,7,12H2,1H3/t10-/m1/s1. The summed E-state index contributed by atoms with van der Waals surface area (Å²) in [6.07, 6.45) is 0.368. The number of carbonyl (C=O) groups excluding carboxylic acids is 2. The molecular weight excluding hydrogens is 194 g/mol. The maximum absolute atomic E-state index is 11.2. The van der Waals surface area contributed by atoms with E-state index < -0.39 is 18.0 Å². The molecule has 0 amide bonds. The van der Waals surface area contributed by atoms with Gasteiger partial charge in [-0.2, -0.15) is 0 Å². The third-order valence-electron chi connectivity index (χ3n) is 1.85. The Morgan fingerprint density at radius 2 is 1.93 bits per heavy atom. The fourth-order valence-electron chi connectivity index (χ4n) is 1.17. The highest BCUT2D eigenvalue weighted by Gasteiger charge is 2.17. The molecule has 0 saturated heterocycles. The summed E-state index contributed by atoms with van der Waals surface area (Å²) >= 11 is 0. The Morgan fingerprint density at radius 1 is 1.33 bits per heavy atom. The van der Waals surface area contributed by atoms with Gasteiger partial charge >= 0.3 is 11.9 Å². The number of hydrogen-bond acceptors (Lipinski definition) is 4. The van der Waals surface area contributed by atoms with Gasteiger partial charge in [0.05, 0.1) is 0 Å². The Balaban J connectivity index is 2.52. The lowest BCUT2D eigenvalue weighted by atomic mass is 10.1. The molecule has 0 aliphatic rings. The fourth-order valence-corrected chi connectivity index (χ4v) is 1.17. The molecule has 0 heterocycles. The molecule has 1 aromatic carbocycles. The molecule has 4 heteroatoms. The van der Waals surface area contributed by atoms with Gasteiger partial charge in [-0.05, 0) is 12.0 Å². The van der Waals surface area contributed by atoms with Crippen molar-refractivity contribution in [2.45, 2.75) is 19.4 Å². The van der Waals surface area contributed by atoms with Gasteiger partial charge in [-0.3, -0.25) is 4.79 Å². The lowest BCUT2D eigenvalue weighted by molar-refractivity contribution is -0.159. The van der Waals surface area contributed by atoms with Gasteiger partial charge in [0.25, 0.3) is 0 Å². The molecule has 15 heavy (non-hydrogen) atoms. The van der Waals surface area contributed by atoms with Crippen molar-refractivity contribution in [1.29, 1.82) is 0 Å². The predicted octanol–water partition coefficient (Wildman–Crippen LogP) is 0.646. The van der Waals surface area contributed by atoms with Gasteiger partial charge in [0.2, 0.25) is 0 Å². The molecule has 0 saturated carbocycles. The molecule has 0 aromatic heterocycles. The summed E-state index contributed by atoms with van der Waals surface area (Å²) in [5.74, 6) is -1.32. The lowest BCUT2D eigenvalue weighted by Gasteiger charge is -2.08. The molecule has 0 bridgehead atoms. The van der Waals surface area contributed by atoms with Crippen LogP contribution < -0.4 is 5.73 Å². The first kappa shape index (κ1) is 11.4. The average Bonchev–Trinajstić information content (AvgIpc) is 2.18.